The summed E-state index contributed by atoms with van der Waals surface area (Å²) in [6.07, 6.45) is 0.951. The number of rotatable bonds is 6. The number of hydrogen-bond acceptors (Lipinski definition) is 2. The average Bonchev–Trinajstić information content (AvgIpc) is 3.01. The predicted molar refractivity (Wildman–Crippen MR) is 84.3 cm³/mol. The van der Waals surface area contributed by atoms with Crippen LogP contribution in [0.5, 0.6) is 0 Å². The lowest BCUT2D eigenvalue weighted by molar-refractivity contribution is 0.113. The van der Waals surface area contributed by atoms with E-state index in [1.165, 1.54) is 6.07 Å². The fourth-order valence-corrected chi connectivity index (χ4v) is 2.73. The van der Waals surface area contributed by atoms with E-state index in [0.717, 1.165) is 19.0 Å². The molecule has 0 spiro atoms. The molecule has 1 aliphatic rings. The Morgan fingerprint density at radius 1 is 1.43 bits per heavy atom. The molecule has 0 aliphatic carbocycles. The molecule has 1 aromatic rings. The lowest BCUT2D eigenvalue weighted by atomic mass is 10.0. The number of likely N-dealkylation sites (tertiary alicyclic amines) is 1. The number of benzene rings is 1. The summed E-state index contributed by atoms with van der Waals surface area (Å²) >= 11 is 0. The van der Waals surface area contributed by atoms with Crippen molar-refractivity contribution in [3.63, 3.8) is 0 Å². The number of urea groups is 1. The maximum atomic E-state index is 13.2. The molecule has 1 heterocycles. The van der Waals surface area contributed by atoms with Gasteiger partial charge in [-0.1, -0.05) is 13.0 Å². The van der Waals surface area contributed by atoms with E-state index in [2.05, 4.69) is 5.32 Å². The van der Waals surface area contributed by atoms with E-state index in [0.29, 0.717) is 37.8 Å². The van der Waals surface area contributed by atoms with Gasteiger partial charge in [-0.15, -0.1) is 0 Å². The number of nitrogens with one attached hydrogen (secondary N) is 1. The van der Waals surface area contributed by atoms with Gasteiger partial charge in [-0.05, 0) is 37.0 Å². The van der Waals surface area contributed by atoms with Crippen LogP contribution in [0.15, 0.2) is 18.2 Å². The van der Waals surface area contributed by atoms with Gasteiger partial charge in [-0.25, -0.2) is 13.6 Å². The zero-order valence-corrected chi connectivity index (χ0v) is 13.6. The number of halogens is 2. The molecule has 1 saturated heterocycles. The van der Waals surface area contributed by atoms with Gasteiger partial charge in [0, 0.05) is 32.2 Å². The third kappa shape index (κ3) is 4.89. The fraction of sp³-hybridized carbons (Fsp3) is 0.588. The van der Waals surface area contributed by atoms with Crippen LogP contribution in [-0.4, -0.2) is 43.8 Å². The topological polar surface area (TPSA) is 41.6 Å². The lowest BCUT2D eigenvalue weighted by Gasteiger charge is -2.19. The van der Waals surface area contributed by atoms with E-state index in [4.69, 9.17) is 4.74 Å². The normalized spacial score (nSPS) is 19.0. The van der Waals surface area contributed by atoms with Crippen molar-refractivity contribution in [3.8, 4) is 0 Å². The molecule has 0 bridgehead atoms. The maximum Gasteiger partial charge on any atom is 0.317 e. The van der Waals surface area contributed by atoms with Crippen LogP contribution in [0, 0.1) is 17.6 Å². The van der Waals surface area contributed by atoms with Gasteiger partial charge in [0.2, 0.25) is 0 Å². The second-order valence-corrected chi connectivity index (χ2v) is 6.02. The Hall–Kier alpha value is -1.69. The van der Waals surface area contributed by atoms with Crippen LogP contribution in [0.3, 0.4) is 0 Å². The molecule has 1 N–H and O–H groups in total. The fourth-order valence-electron chi connectivity index (χ4n) is 2.73. The summed E-state index contributed by atoms with van der Waals surface area (Å²) in [5.41, 5.74) is 0.667. The SMILES string of the molecule is CCOC[C@H]1CCN(C(=O)NC[C@H](C)c2ccc(F)c(F)c2)C1. The second kappa shape index (κ2) is 8.24. The zero-order chi connectivity index (χ0) is 16.8. The first-order chi connectivity index (χ1) is 11.0. The quantitative estimate of drug-likeness (QED) is 0.872. The minimum absolute atomic E-state index is 0.0872. The predicted octanol–water partition coefficient (Wildman–Crippen LogP) is 3.14. The molecule has 1 fully saturated rings. The molecule has 23 heavy (non-hydrogen) atoms. The largest absolute Gasteiger partial charge is 0.381 e. The zero-order valence-electron chi connectivity index (χ0n) is 13.6. The smallest absolute Gasteiger partial charge is 0.317 e. The average molecular weight is 326 g/mol. The summed E-state index contributed by atoms with van der Waals surface area (Å²) in [4.78, 5) is 13.9. The molecule has 2 rings (SSSR count). The van der Waals surface area contributed by atoms with Crippen LogP contribution in [-0.2, 0) is 4.74 Å². The van der Waals surface area contributed by atoms with Crippen LogP contribution >= 0.6 is 0 Å². The number of amides is 2. The van der Waals surface area contributed by atoms with Crippen LogP contribution in [0.1, 0.15) is 31.7 Å². The Morgan fingerprint density at radius 3 is 2.91 bits per heavy atom. The third-order valence-electron chi connectivity index (χ3n) is 4.20. The standard InChI is InChI=1S/C17H24F2N2O2/c1-3-23-11-13-6-7-21(10-13)17(22)20-9-12(2)14-4-5-15(18)16(19)8-14/h4-5,8,12-13H,3,6-7,9-11H2,1-2H3,(H,20,22)/t12-,13-/m0/s1. The Morgan fingerprint density at radius 2 is 2.22 bits per heavy atom. The first kappa shape index (κ1) is 17.7. The van der Waals surface area contributed by atoms with Crippen molar-refractivity contribution in [2.75, 3.05) is 32.8 Å². The Labute approximate surface area is 135 Å². The van der Waals surface area contributed by atoms with Crippen molar-refractivity contribution < 1.29 is 18.3 Å². The van der Waals surface area contributed by atoms with Gasteiger partial charge < -0.3 is 15.0 Å². The summed E-state index contributed by atoms with van der Waals surface area (Å²) in [6, 6.07) is 3.73. The van der Waals surface area contributed by atoms with Gasteiger partial charge in [-0.3, -0.25) is 0 Å². The van der Waals surface area contributed by atoms with E-state index in [-0.39, 0.29) is 11.9 Å². The molecule has 0 unspecified atom stereocenters. The number of nitrogens with zero attached hydrogens (tertiary/aromatic N) is 1. The number of carbonyl (C=O) groups is 1. The number of hydrogen-bond donors (Lipinski definition) is 1. The molecule has 2 amide bonds. The molecular formula is C17H24F2N2O2. The van der Waals surface area contributed by atoms with Crippen LogP contribution in [0.2, 0.25) is 0 Å². The van der Waals surface area contributed by atoms with E-state index in [9.17, 15) is 13.6 Å². The summed E-state index contributed by atoms with van der Waals surface area (Å²) in [5.74, 6) is -1.42. The van der Waals surface area contributed by atoms with Crippen LogP contribution < -0.4 is 5.32 Å². The monoisotopic (exact) mass is 326 g/mol. The van der Waals surface area contributed by atoms with E-state index >= 15 is 0 Å². The van der Waals surface area contributed by atoms with Crippen molar-refractivity contribution in [1.82, 2.24) is 10.2 Å². The first-order valence-corrected chi connectivity index (χ1v) is 8.06. The van der Waals surface area contributed by atoms with Crippen molar-refractivity contribution in [3.05, 3.63) is 35.4 Å². The molecule has 1 aromatic carbocycles. The van der Waals surface area contributed by atoms with Gasteiger partial charge in [-0.2, -0.15) is 0 Å². The molecule has 6 heteroatoms. The summed E-state index contributed by atoms with van der Waals surface area (Å²) in [6.45, 7) is 7.01. The van der Waals surface area contributed by atoms with Gasteiger partial charge in [0.25, 0.3) is 0 Å². The van der Waals surface area contributed by atoms with E-state index < -0.39 is 11.6 Å². The number of ether oxygens (including phenoxy) is 1. The molecule has 2 atom stereocenters. The minimum Gasteiger partial charge on any atom is -0.381 e. The highest BCUT2D eigenvalue weighted by molar-refractivity contribution is 5.74. The molecule has 1 aliphatic heterocycles. The molecule has 0 aromatic heterocycles. The molecule has 4 nitrogen and oxygen atoms in total. The molecule has 128 valence electrons. The summed E-state index contributed by atoms with van der Waals surface area (Å²) in [7, 11) is 0. The highest BCUT2D eigenvalue weighted by Crippen LogP contribution is 2.19. The van der Waals surface area contributed by atoms with Crippen LogP contribution in [0.25, 0.3) is 0 Å². The Kier molecular flexibility index (Phi) is 6.33. The lowest BCUT2D eigenvalue weighted by Crippen LogP contribution is -2.40. The van der Waals surface area contributed by atoms with Gasteiger partial charge in [0.15, 0.2) is 11.6 Å². The first-order valence-electron chi connectivity index (χ1n) is 8.06. The third-order valence-corrected chi connectivity index (χ3v) is 4.20. The van der Waals surface area contributed by atoms with Gasteiger partial charge in [0.05, 0.1) is 6.61 Å². The maximum absolute atomic E-state index is 13.2. The van der Waals surface area contributed by atoms with Crippen molar-refractivity contribution in [1.29, 1.82) is 0 Å². The molecular weight excluding hydrogens is 302 g/mol. The molecule has 0 radical (unpaired) electrons. The minimum atomic E-state index is -0.862. The van der Waals surface area contributed by atoms with E-state index in [1.807, 2.05) is 13.8 Å². The van der Waals surface area contributed by atoms with Crippen LogP contribution in [0.4, 0.5) is 13.6 Å². The second-order valence-electron chi connectivity index (χ2n) is 6.02. The Bertz CT molecular complexity index is 539. The highest BCUT2D eigenvalue weighted by Gasteiger charge is 2.26. The number of carbonyl (C=O) groups excluding carboxylic acids is 1. The molecule has 0 saturated carbocycles. The van der Waals surface area contributed by atoms with E-state index in [1.54, 1.807) is 11.0 Å². The van der Waals surface area contributed by atoms with Crippen molar-refractivity contribution >= 4 is 6.03 Å². The van der Waals surface area contributed by atoms with Gasteiger partial charge >= 0.3 is 6.03 Å². The Balaban J connectivity index is 1.79. The van der Waals surface area contributed by atoms with Crippen molar-refractivity contribution in [2.45, 2.75) is 26.2 Å². The summed E-state index contributed by atoms with van der Waals surface area (Å²) < 4.78 is 31.6. The van der Waals surface area contributed by atoms with Gasteiger partial charge in [0.1, 0.15) is 0 Å². The highest BCUT2D eigenvalue weighted by atomic mass is 19.2. The summed E-state index contributed by atoms with van der Waals surface area (Å²) in [5, 5.41) is 2.86. The van der Waals surface area contributed by atoms with Crippen molar-refractivity contribution in [2.24, 2.45) is 5.92 Å².